The smallest absolute Gasteiger partial charge is 0.0170 e. The van der Waals surface area contributed by atoms with Gasteiger partial charge in [0.15, 0.2) is 0 Å². The maximum Gasteiger partial charge on any atom is 0.0170 e. The van der Waals surface area contributed by atoms with Crippen molar-refractivity contribution in [2.45, 2.75) is 47.1 Å². The van der Waals surface area contributed by atoms with Gasteiger partial charge in [0.1, 0.15) is 0 Å². The molecule has 0 aromatic carbocycles. The third kappa shape index (κ3) is 1.44. The Morgan fingerprint density at radius 3 is 1.82 bits per heavy atom. The lowest BCUT2D eigenvalue weighted by atomic mass is 9.52. The Labute approximate surface area is 70.6 Å². The van der Waals surface area contributed by atoms with E-state index in [0.717, 1.165) is 6.54 Å². The molecule has 0 unspecified atom stereocenters. The van der Waals surface area contributed by atoms with Crippen LogP contribution in [-0.4, -0.2) is 12.6 Å². The Bertz CT molecular complexity index is 133. The highest BCUT2D eigenvalue weighted by molar-refractivity contribution is 5.06. The molecule has 0 radical (unpaired) electrons. The molecule has 1 aliphatic carbocycles. The molecule has 11 heavy (non-hydrogen) atoms. The molecule has 0 atom stereocenters. The fraction of sp³-hybridized carbons (Fsp3) is 1.00. The Hall–Kier alpha value is -0.0400. The molecule has 0 aliphatic heterocycles. The van der Waals surface area contributed by atoms with Crippen molar-refractivity contribution in [3.63, 3.8) is 0 Å². The van der Waals surface area contributed by atoms with Gasteiger partial charge in [0.05, 0.1) is 0 Å². The molecular formula is C10H21N. The van der Waals surface area contributed by atoms with E-state index in [1.807, 2.05) is 0 Å². The third-order valence-corrected chi connectivity index (χ3v) is 2.88. The molecule has 1 N–H and O–H groups in total. The van der Waals surface area contributed by atoms with Gasteiger partial charge in [-0.25, -0.2) is 0 Å². The fourth-order valence-electron chi connectivity index (χ4n) is 3.06. The molecule has 0 aromatic heterocycles. The highest BCUT2D eigenvalue weighted by atomic mass is 15.0. The van der Waals surface area contributed by atoms with E-state index in [2.05, 4.69) is 39.9 Å². The Balaban J connectivity index is 2.57. The van der Waals surface area contributed by atoms with Gasteiger partial charge < -0.3 is 5.32 Å². The molecule has 1 rings (SSSR count). The van der Waals surface area contributed by atoms with E-state index in [1.165, 1.54) is 6.42 Å². The van der Waals surface area contributed by atoms with Crippen LogP contribution in [0.4, 0.5) is 0 Å². The van der Waals surface area contributed by atoms with Crippen molar-refractivity contribution in [2.24, 2.45) is 10.8 Å². The van der Waals surface area contributed by atoms with Crippen LogP contribution in [0.2, 0.25) is 0 Å². The van der Waals surface area contributed by atoms with Gasteiger partial charge in [0, 0.05) is 6.04 Å². The number of hydrogen-bond acceptors (Lipinski definition) is 1. The Morgan fingerprint density at radius 1 is 1.18 bits per heavy atom. The zero-order chi connectivity index (χ0) is 8.70. The summed E-state index contributed by atoms with van der Waals surface area (Å²) < 4.78 is 0. The lowest BCUT2D eigenvalue weighted by molar-refractivity contribution is -0.0397. The summed E-state index contributed by atoms with van der Waals surface area (Å²) in [5, 5.41) is 3.56. The predicted octanol–water partition coefficient (Wildman–Crippen LogP) is 2.42. The molecule has 66 valence electrons. The second-order valence-corrected chi connectivity index (χ2v) is 5.14. The number of rotatable bonds is 2. The molecular weight excluding hydrogens is 134 g/mol. The largest absolute Gasteiger partial charge is 0.313 e. The molecule has 0 bridgehead atoms. The lowest BCUT2D eigenvalue weighted by Crippen LogP contribution is -2.62. The highest BCUT2D eigenvalue weighted by Gasteiger charge is 2.52. The van der Waals surface area contributed by atoms with Gasteiger partial charge in [-0.15, -0.1) is 0 Å². The van der Waals surface area contributed by atoms with E-state index in [9.17, 15) is 0 Å². The summed E-state index contributed by atoms with van der Waals surface area (Å²) in [6.07, 6.45) is 1.34. The van der Waals surface area contributed by atoms with Crippen LogP contribution >= 0.6 is 0 Å². The molecule has 0 spiro atoms. The monoisotopic (exact) mass is 155 g/mol. The molecule has 1 aliphatic rings. The van der Waals surface area contributed by atoms with Gasteiger partial charge in [0.25, 0.3) is 0 Å². The van der Waals surface area contributed by atoms with Gasteiger partial charge in [-0.2, -0.15) is 0 Å². The highest BCUT2D eigenvalue weighted by Crippen LogP contribution is 2.53. The molecule has 1 fully saturated rings. The Morgan fingerprint density at radius 2 is 1.64 bits per heavy atom. The zero-order valence-corrected chi connectivity index (χ0v) is 8.49. The van der Waals surface area contributed by atoms with E-state index < -0.39 is 0 Å². The van der Waals surface area contributed by atoms with Crippen LogP contribution in [0.1, 0.15) is 41.0 Å². The third-order valence-electron chi connectivity index (χ3n) is 2.88. The first-order valence-electron chi connectivity index (χ1n) is 4.63. The van der Waals surface area contributed by atoms with Crippen LogP contribution in [0, 0.1) is 10.8 Å². The van der Waals surface area contributed by atoms with E-state index in [1.54, 1.807) is 0 Å². The summed E-state index contributed by atoms with van der Waals surface area (Å²) in [5.41, 5.74) is 1.03. The van der Waals surface area contributed by atoms with Gasteiger partial charge in [-0.1, -0.05) is 34.6 Å². The maximum absolute atomic E-state index is 3.56. The van der Waals surface area contributed by atoms with E-state index in [4.69, 9.17) is 0 Å². The van der Waals surface area contributed by atoms with Crippen molar-refractivity contribution < 1.29 is 0 Å². The van der Waals surface area contributed by atoms with Gasteiger partial charge in [0.2, 0.25) is 0 Å². The van der Waals surface area contributed by atoms with Crippen molar-refractivity contribution >= 4 is 0 Å². The van der Waals surface area contributed by atoms with Crippen LogP contribution in [-0.2, 0) is 0 Å². The van der Waals surface area contributed by atoms with Crippen molar-refractivity contribution in [3.8, 4) is 0 Å². The topological polar surface area (TPSA) is 12.0 Å². The maximum atomic E-state index is 3.56. The first-order chi connectivity index (χ1) is 4.90. The summed E-state index contributed by atoms with van der Waals surface area (Å²) in [6, 6.07) is 0.708. The summed E-state index contributed by atoms with van der Waals surface area (Å²) in [4.78, 5) is 0. The SMILES string of the molecule is CCNC1C(C)(C)CC1(C)C. The summed E-state index contributed by atoms with van der Waals surface area (Å²) in [7, 11) is 0. The summed E-state index contributed by atoms with van der Waals surface area (Å²) in [5.74, 6) is 0. The second kappa shape index (κ2) is 2.48. The fourth-order valence-corrected chi connectivity index (χ4v) is 3.06. The van der Waals surface area contributed by atoms with Crippen LogP contribution in [0.5, 0.6) is 0 Å². The molecule has 1 nitrogen and oxygen atoms in total. The van der Waals surface area contributed by atoms with Crippen LogP contribution in [0.25, 0.3) is 0 Å². The first kappa shape index (κ1) is 9.05. The van der Waals surface area contributed by atoms with Crippen molar-refractivity contribution in [1.29, 1.82) is 0 Å². The minimum Gasteiger partial charge on any atom is -0.313 e. The molecule has 0 amide bonds. The normalized spacial score (nSPS) is 28.1. The first-order valence-corrected chi connectivity index (χ1v) is 4.63. The molecule has 0 saturated heterocycles. The predicted molar refractivity (Wildman–Crippen MR) is 49.6 cm³/mol. The quantitative estimate of drug-likeness (QED) is 0.645. The second-order valence-electron chi connectivity index (χ2n) is 5.14. The van der Waals surface area contributed by atoms with Gasteiger partial charge in [-0.3, -0.25) is 0 Å². The van der Waals surface area contributed by atoms with Gasteiger partial charge >= 0.3 is 0 Å². The summed E-state index contributed by atoms with van der Waals surface area (Å²) in [6.45, 7) is 12.7. The van der Waals surface area contributed by atoms with Gasteiger partial charge in [-0.05, 0) is 23.8 Å². The standard InChI is InChI=1S/C10H21N/c1-6-11-8-9(2,3)7-10(8,4)5/h8,11H,6-7H2,1-5H3. The number of hydrogen-bond donors (Lipinski definition) is 1. The molecule has 1 saturated carbocycles. The van der Waals surface area contributed by atoms with Crippen molar-refractivity contribution in [1.82, 2.24) is 5.32 Å². The lowest BCUT2D eigenvalue weighted by Gasteiger charge is -2.58. The van der Waals surface area contributed by atoms with Crippen LogP contribution < -0.4 is 5.32 Å². The van der Waals surface area contributed by atoms with E-state index >= 15 is 0 Å². The molecule has 1 heteroatoms. The zero-order valence-electron chi connectivity index (χ0n) is 8.49. The molecule has 0 aromatic rings. The van der Waals surface area contributed by atoms with Crippen LogP contribution in [0.3, 0.4) is 0 Å². The minimum absolute atomic E-state index is 0.513. The molecule has 0 heterocycles. The van der Waals surface area contributed by atoms with Crippen molar-refractivity contribution in [2.75, 3.05) is 6.54 Å². The minimum atomic E-state index is 0.513. The van der Waals surface area contributed by atoms with Crippen molar-refractivity contribution in [3.05, 3.63) is 0 Å². The van der Waals surface area contributed by atoms with E-state index in [-0.39, 0.29) is 0 Å². The van der Waals surface area contributed by atoms with E-state index in [0.29, 0.717) is 16.9 Å². The average molecular weight is 155 g/mol. The number of nitrogens with one attached hydrogen (secondary N) is 1. The Kier molecular flexibility index (Phi) is 2.04. The average Bonchev–Trinajstić information content (AvgIpc) is 1.80. The summed E-state index contributed by atoms with van der Waals surface area (Å²) >= 11 is 0. The van der Waals surface area contributed by atoms with Crippen LogP contribution in [0.15, 0.2) is 0 Å².